The van der Waals surface area contributed by atoms with E-state index in [9.17, 15) is 4.79 Å². The van der Waals surface area contributed by atoms with Gasteiger partial charge < -0.3 is 5.32 Å². The van der Waals surface area contributed by atoms with Gasteiger partial charge in [-0.05, 0) is 55.8 Å². The lowest BCUT2D eigenvalue weighted by Crippen LogP contribution is -2.31. The Labute approximate surface area is 122 Å². The van der Waals surface area contributed by atoms with Crippen LogP contribution in [0.25, 0.3) is 0 Å². The quantitative estimate of drug-likeness (QED) is 0.672. The molecule has 2 aliphatic carbocycles. The molecule has 0 saturated heterocycles. The van der Waals surface area contributed by atoms with E-state index in [2.05, 4.69) is 12.2 Å². The molecule has 3 heteroatoms. The maximum absolute atomic E-state index is 12.0. The standard InChI is InChI=1S/C16H28ClNO/c1-2-3-12(6-7-17)11-18-16(19)10-15-9-13-4-5-14(15)8-13/h12-15H,2-11H2,1H3,(H,18,19). The van der Waals surface area contributed by atoms with Crippen LogP contribution in [0.4, 0.5) is 0 Å². The third-order valence-electron chi connectivity index (χ3n) is 5.13. The van der Waals surface area contributed by atoms with Gasteiger partial charge in [0.25, 0.3) is 0 Å². The van der Waals surface area contributed by atoms with Crippen LogP contribution < -0.4 is 5.32 Å². The van der Waals surface area contributed by atoms with Crippen molar-refractivity contribution in [1.29, 1.82) is 0 Å². The summed E-state index contributed by atoms with van der Waals surface area (Å²) < 4.78 is 0. The first-order chi connectivity index (χ1) is 9.22. The lowest BCUT2D eigenvalue weighted by atomic mass is 9.86. The minimum Gasteiger partial charge on any atom is -0.356 e. The zero-order valence-electron chi connectivity index (χ0n) is 12.2. The number of fused-ring (bicyclic) bond motifs is 2. The number of nitrogens with one attached hydrogen (secondary N) is 1. The highest BCUT2D eigenvalue weighted by Crippen LogP contribution is 2.49. The molecular weight excluding hydrogens is 258 g/mol. The van der Waals surface area contributed by atoms with Gasteiger partial charge in [0.1, 0.15) is 0 Å². The molecule has 2 rings (SSSR count). The molecule has 4 unspecified atom stereocenters. The number of hydrogen-bond acceptors (Lipinski definition) is 1. The van der Waals surface area contributed by atoms with Gasteiger partial charge in [0.05, 0.1) is 0 Å². The summed E-state index contributed by atoms with van der Waals surface area (Å²) in [6.45, 7) is 3.01. The van der Waals surface area contributed by atoms with E-state index in [1.807, 2.05) is 0 Å². The third-order valence-corrected chi connectivity index (χ3v) is 5.35. The molecule has 1 N–H and O–H groups in total. The minimum absolute atomic E-state index is 0.272. The summed E-state index contributed by atoms with van der Waals surface area (Å²) in [6.07, 6.45) is 9.60. The summed E-state index contributed by atoms with van der Waals surface area (Å²) in [5.74, 6) is 4.00. The van der Waals surface area contributed by atoms with Crippen LogP contribution in [0.5, 0.6) is 0 Å². The topological polar surface area (TPSA) is 29.1 Å². The summed E-state index contributed by atoms with van der Waals surface area (Å²) in [4.78, 5) is 12.0. The van der Waals surface area contributed by atoms with Crippen molar-refractivity contribution in [2.45, 2.75) is 58.3 Å². The second kappa shape index (κ2) is 7.52. The SMILES string of the molecule is CCCC(CCCl)CNC(=O)CC1CC2CCC1C2. The van der Waals surface area contributed by atoms with Crippen LogP contribution in [-0.2, 0) is 4.79 Å². The molecule has 1 amide bonds. The Morgan fingerprint density at radius 2 is 2.16 bits per heavy atom. The van der Waals surface area contributed by atoms with Crippen molar-refractivity contribution in [2.75, 3.05) is 12.4 Å². The van der Waals surface area contributed by atoms with Crippen LogP contribution in [0.2, 0.25) is 0 Å². The summed E-state index contributed by atoms with van der Waals surface area (Å²) in [7, 11) is 0. The number of halogens is 1. The Bertz CT molecular complexity index is 288. The first-order valence-electron chi connectivity index (χ1n) is 8.05. The van der Waals surface area contributed by atoms with Crippen molar-refractivity contribution in [2.24, 2.45) is 23.7 Å². The number of carbonyl (C=O) groups is 1. The Kier molecular flexibility index (Phi) is 6.00. The number of hydrogen-bond donors (Lipinski definition) is 1. The van der Waals surface area contributed by atoms with Gasteiger partial charge in [-0.15, -0.1) is 11.6 Å². The largest absolute Gasteiger partial charge is 0.356 e. The van der Waals surface area contributed by atoms with Gasteiger partial charge in [0.15, 0.2) is 0 Å². The Balaban J connectivity index is 1.66. The molecule has 0 aromatic carbocycles. The lowest BCUT2D eigenvalue weighted by molar-refractivity contribution is -0.122. The highest BCUT2D eigenvalue weighted by atomic mass is 35.5. The van der Waals surface area contributed by atoms with Crippen LogP contribution in [0, 0.1) is 23.7 Å². The summed E-state index contributed by atoms with van der Waals surface area (Å²) >= 11 is 5.81. The first-order valence-corrected chi connectivity index (χ1v) is 8.59. The normalized spacial score (nSPS) is 30.5. The summed E-state index contributed by atoms with van der Waals surface area (Å²) in [5.41, 5.74) is 0. The highest BCUT2D eigenvalue weighted by Gasteiger charge is 2.40. The van der Waals surface area contributed by atoms with Gasteiger partial charge in [-0.1, -0.05) is 19.8 Å². The lowest BCUT2D eigenvalue weighted by Gasteiger charge is -2.22. The molecule has 0 heterocycles. The van der Waals surface area contributed by atoms with Crippen molar-refractivity contribution < 1.29 is 4.79 Å². The third kappa shape index (κ3) is 4.37. The molecule has 110 valence electrons. The number of rotatable bonds is 8. The van der Waals surface area contributed by atoms with E-state index in [1.54, 1.807) is 0 Å². The molecule has 0 radical (unpaired) electrons. The molecule has 0 aromatic heterocycles. The number of carbonyl (C=O) groups excluding carboxylic acids is 1. The summed E-state index contributed by atoms with van der Waals surface area (Å²) in [5, 5.41) is 3.14. The Morgan fingerprint density at radius 1 is 1.32 bits per heavy atom. The van der Waals surface area contributed by atoms with E-state index in [0.717, 1.165) is 31.2 Å². The molecule has 2 bridgehead atoms. The molecule has 2 fully saturated rings. The fourth-order valence-electron chi connectivity index (χ4n) is 4.11. The molecule has 4 atom stereocenters. The monoisotopic (exact) mass is 285 g/mol. The van der Waals surface area contributed by atoms with Gasteiger partial charge in [-0.25, -0.2) is 0 Å². The zero-order chi connectivity index (χ0) is 13.7. The minimum atomic E-state index is 0.272. The molecule has 2 aliphatic rings. The summed E-state index contributed by atoms with van der Waals surface area (Å²) in [6, 6.07) is 0. The number of amides is 1. The fourth-order valence-corrected chi connectivity index (χ4v) is 4.41. The van der Waals surface area contributed by atoms with Crippen LogP contribution in [0.3, 0.4) is 0 Å². The van der Waals surface area contributed by atoms with Crippen LogP contribution >= 0.6 is 11.6 Å². The zero-order valence-corrected chi connectivity index (χ0v) is 12.9. The molecular formula is C16H28ClNO. The van der Waals surface area contributed by atoms with E-state index in [4.69, 9.17) is 11.6 Å². The van der Waals surface area contributed by atoms with Gasteiger partial charge in [0.2, 0.25) is 5.91 Å². The predicted octanol–water partition coefficient (Wildman–Crippen LogP) is 3.97. The first kappa shape index (κ1) is 15.2. The maximum Gasteiger partial charge on any atom is 0.220 e. The average Bonchev–Trinajstić information content (AvgIpc) is 2.99. The van der Waals surface area contributed by atoms with Crippen molar-refractivity contribution in [3.8, 4) is 0 Å². The fraction of sp³-hybridized carbons (Fsp3) is 0.938. The van der Waals surface area contributed by atoms with E-state index in [-0.39, 0.29) is 5.91 Å². The average molecular weight is 286 g/mol. The molecule has 0 aliphatic heterocycles. The van der Waals surface area contributed by atoms with E-state index >= 15 is 0 Å². The smallest absolute Gasteiger partial charge is 0.220 e. The van der Waals surface area contributed by atoms with Crippen molar-refractivity contribution in [3.63, 3.8) is 0 Å². The van der Waals surface area contributed by atoms with Crippen molar-refractivity contribution in [1.82, 2.24) is 5.32 Å². The molecule has 0 spiro atoms. The Hall–Kier alpha value is -0.240. The van der Waals surface area contributed by atoms with Crippen LogP contribution in [-0.4, -0.2) is 18.3 Å². The van der Waals surface area contributed by atoms with Crippen LogP contribution in [0.1, 0.15) is 58.3 Å². The van der Waals surface area contributed by atoms with Gasteiger partial charge in [-0.3, -0.25) is 4.79 Å². The van der Waals surface area contributed by atoms with Gasteiger partial charge in [-0.2, -0.15) is 0 Å². The van der Waals surface area contributed by atoms with Crippen molar-refractivity contribution >= 4 is 17.5 Å². The molecule has 0 aromatic rings. The van der Waals surface area contributed by atoms with Gasteiger partial charge in [0, 0.05) is 18.8 Å². The molecule has 2 nitrogen and oxygen atoms in total. The van der Waals surface area contributed by atoms with Gasteiger partial charge >= 0.3 is 0 Å². The second-order valence-electron chi connectivity index (χ2n) is 6.58. The van der Waals surface area contributed by atoms with E-state index in [1.165, 1.54) is 38.5 Å². The van der Waals surface area contributed by atoms with Crippen LogP contribution in [0.15, 0.2) is 0 Å². The molecule has 19 heavy (non-hydrogen) atoms. The Morgan fingerprint density at radius 3 is 2.74 bits per heavy atom. The maximum atomic E-state index is 12.0. The predicted molar refractivity (Wildman–Crippen MR) is 80.3 cm³/mol. The van der Waals surface area contributed by atoms with Crippen molar-refractivity contribution in [3.05, 3.63) is 0 Å². The highest BCUT2D eigenvalue weighted by molar-refractivity contribution is 6.17. The van der Waals surface area contributed by atoms with E-state index < -0.39 is 0 Å². The number of alkyl halides is 1. The van der Waals surface area contributed by atoms with E-state index in [0.29, 0.717) is 17.7 Å². The second-order valence-corrected chi connectivity index (χ2v) is 6.95. The molecule has 2 saturated carbocycles.